The van der Waals surface area contributed by atoms with Crippen molar-refractivity contribution in [2.75, 3.05) is 6.54 Å². The fourth-order valence-corrected chi connectivity index (χ4v) is 3.17. The summed E-state index contributed by atoms with van der Waals surface area (Å²) in [6.45, 7) is 0.138. The molecule has 1 amide bonds. The third kappa shape index (κ3) is 3.77. The smallest absolute Gasteiger partial charge is 0.220 e. The van der Waals surface area contributed by atoms with Crippen molar-refractivity contribution in [1.29, 1.82) is 0 Å². The van der Waals surface area contributed by atoms with Gasteiger partial charge in [-0.3, -0.25) is 4.79 Å². The summed E-state index contributed by atoms with van der Waals surface area (Å²) >= 11 is 0. The van der Waals surface area contributed by atoms with Crippen molar-refractivity contribution in [1.82, 2.24) is 5.32 Å². The number of fused-ring (bicyclic) bond motifs is 1. The first-order valence-electron chi connectivity index (χ1n) is 7.91. The predicted molar refractivity (Wildman–Crippen MR) is 86.5 cm³/mol. The van der Waals surface area contributed by atoms with Crippen molar-refractivity contribution in [2.24, 2.45) is 0 Å². The molecule has 0 heterocycles. The number of hydrogen-bond donors (Lipinski definition) is 2. The normalized spacial score (nSPS) is 17.6. The van der Waals surface area contributed by atoms with Crippen LogP contribution in [0.5, 0.6) is 0 Å². The largest absolute Gasteiger partial charge is 0.387 e. The van der Waals surface area contributed by atoms with E-state index in [9.17, 15) is 14.3 Å². The predicted octanol–water partition coefficient (Wildman–Crippen LogP) is 3.10. The van der Waals surface area contributed by atoms with Gasteiger partial charge in [0.2, 0.25) is 5.91 Å². The molecule has 0 saturated carbocycles. The Hall–Kier alpha value is -2.20. The van der Waals surface area contributed by atoms with Crippen LogP contribution in [0.25, 0.3) is 0 Å². The SMILES string of the molecule is O=C(CC1CCc2ccccc21)NCC(O)c1ccc(F)cc1. The van der Waals surface area contributed by atoms with E-state index < -0.39 is 6.10 Å². The van der Waals surface area contributed by atoms with Crippen molar-refractivity contribution in [2.45, 2.75) is 31.3 Å². The standard InChI is InChI=1S/C19H20FNO2/c20-16-9-7-14(8-10-16)18(22)12-21-19(23)11-15-6-5-13-3-1-2-4-17(13)15/h1-4,7-10,15,18,22H,5-6,11-12H2,(H,21,23). The lowest BCUT2D eigenvalue weighted by molar-refractivity contribution is -0.121. The zero-order chi connectivity index (χ0) is 16.2. The fraction of sp³-hybridized carbons (Fsp3) is 0.316. The summed E-state index contributed by atoms with van der Waals surface area (Å²) < 4.78 is 12.9. The van der Waals surface area contributed by atoms with Crippen LogP contribution in [0.15, 0.2) is 48.5 Å². The number of hydrogen-bond acceptors (Lipinski definition) is 2. The molecule has 2 aromatic rings. The highest BCUT2D eigenvalue weighted by atomic mass is 19.1. The van der Waals surface area contributed by atoms with Crippen molar-refractivity contribution >= 4 is 5.91 Å². The first-order chi connectivity index (χ1) is 11.1. The molecular formula is C19H20FNO2. The highest BCUT2D eigenvalue weighted by Crippen LogP contribution is 2.35. The van der Waals surface area contributed by atoms with Gasteiger partial charge in [0.1, 0.15) is 5.82 Å². The lowest BCUT2D eigenvalue weighted by Crippen LogP contribution is -2.29. The molecule has 2 atom stereocenters. The van der Waals surface area contributed by atoms with Gasteiger partial charge >= 0.3 is 0 Å². The molecule has 0 bridgehead atoms. The van der Waals surface area contributed by atoms with E-state index in [-0.39, 0.29) is 24.2 Å². The lowest BCUT2D eigenvalue weighted by atomic mass is 9.97. The molecule has 1 aliphatic rings. The highest BCUT2D eigenvalue weighted by Gasteiger charge is 2.24. The summed E-state index contributed by atoms with van der Waals surface area (Å²) in [4.78, 5) is 12.1. The number of benzene rings is 2. The van der Waals surface area contributed by atoms with E-state index in [0.717, 1.165) is 12.8 Å². The molecule has 23 heavy (non-hydrogen) atoms. The van der Waals surface area contributed by atoms with Gasteiger partial charge < -0.3 is 10.4 Å². The number of rotatable bonds is 5. The lowest BCUT2D eigenvalue weighted by Gasteiger charge is -2.15. The molecule has 0 fully saturated rings. The molecule has 120 valence electrons. The second kappa shape index (κ2) is 6.92. The van der Waals surface area contributed by atoms with Crippen molar-refractivity contribution in [3.8, 4) is 0 Å². The molecule has 0 spiro atoms. The van der Waals surface area contributed by atoms with Gasteiger partial charge in [0.25, 0.3) is 0 Å². The minimum atomic E-state index is -0.824. The van der Waals surface area contributed by atoms with Crippen LogP contribution in [-0.2, 0) is 11.2 Å². The Morgan fingerprint density at radius 1 is 1.22 bits per heavy atom. The van der Waals surface area contributed by atoms with Crippen LogP contribution >= 0.6 is 0 Å². The summed E-state index contributed by atoms with van der Waals surface area (Å²) in [6, 6.07) is 13.9. The molecule has 4 heteroatoms. The maximum absolute atomic E-state index is 12.9. The average molecular weight is 313 g/mol. The van der Waals surface area contributed by atoms with Gasteiger partial charge in [-0.2, -0.15) is 0 Å². The van der Waals surface area contributed by atoms with Gasteiger partial charge in [-0.1, -0.05) is 36.4 Å². The van der Waals surface area contributed by atoms with E-state index in [0.29, 0.717) is 12.0 Å². The van der Waals surface area contributed by atoms with Gasteiger partial charge in [-0.05, 0) is 47.6 Å². The quantitative estimate of drug-likeness (QED) is 0.891. The maximum Gasteiger partial charge on any atom is 0.220 e. The van der Waals surface area contributed by atoms with Crippen molar-refractivity contribution in [3.05, 3.63) is 71.0 Å². The average Bonchev–Trinajstić information content (AvgIpc) is 2.96. The molecule has 0 saturated heterocycles. The summed E-state index contributed by atoms with van der Waals surface area (Å²) in [7, 11) is 0. The van der Waals surface area contributed by atoms with Crippen LogP contribution in [0, 0.1) is 5.82 Å². The summed E-state index contributed by atoms with van der Waals surface area (Å²) in [5.41, 5.74) is 3.19. The van der Waals surface area contributed by atoms with E-state index in [2.05, 4.69) is 17.4 Å². The zero-order valence-electron chi connectivity index (χ0n) is 12.8. The Balaban J connectivity index is 1.51. The Labute approximate surface area is 135 Å². The van der Waals surface area contributed by atoms with Crippen LogP contribution in [0.2, 0.25) is 0 Å². The second-order valence-electron chi connectivity index (χ2n) is 6.01. The van der Waals surface area contributed by atoms with Crippen LogP contribution < -0.4 is 5.32 Å². The minimum absolute atomic E-state index is 0.0622. The van der Waals surface area contributed by atoms with E-state index in [1.807, 2.05) is 12.1 Å². The van der Waals surface area contributed by atoms with E-state index in [1.165, 1.54) is 35.4 Å². The van der Waals surface area contributed by atoms with Gasteiger partial charge in [0.15, 0.2) is 0 Å². The Morgan fingerprint density at radius 3 is 2.74 bits per heavy atom. The molecule has 2 N–H and O–H groups in total. The molecule has 1 aliphatic carbocycles. The molecule has 3 rings (SSSR count). The molecule has 0 radical (unpaired) electrons. The molecular weight excluding hydrogens is 293 g/mol. The summed E-state index contributed by atoms with van der Waals surface area (Å²) in [5.74, 6) is -0.146. The Kier molecular flexibility index (Phi) is 4.72. The number of aliphatic hydroxyl groups excluding tert-OH is 1. The maximum atomic E-state index is 12.9. The Morgan fingerprint density at radius 2 is 1.96 bits per heavy atom. The summed E-state index contributed by atoms with van der Waals surface area (Å²) in [5, 5.41) is 12.8. The van der Waals surface area contributed by atoms with Crippen LogP contribution in [0.1, 0.15) is 41.6 Å². The molecule has 2 aromatic carbocycles. The topological polar surface area (TPSA) is 49.3 Å². The van der Waals surface area contributed by atoms with Crippen molar-refractivity contribution < 1.29 is 14.3 Å². The number of aryl methyl sites for hydroxylation is 1. The second-order valence-corrected chi connectivity index (χ2v) is 6.01. The van der Waals surface area contributed by atoms with Gasteiger partial charge in [0.05, 0.1) is 6.10 Å². The fourth-order valence-electron chi connectivity index (χ4n) is 3.17. The molecule has 0 aromatic heterocycles. The number of nitrogens with one attached hydrogen (secondary N) is 1. The molecule has 2 unspecified atom stereocenters. The van der Waals surface area contributed by atoms with Gasteiger partial charge in [-0.15, -0.1) is 0 Å². The third-order valence-corrected chi connectivity index (χ3v) is 4.44. The first-order valence-corrected chi connectivity index (χ1v) is 7.91. The van der Waals surface area contributed by atoms with E-state index in [1.54, 1.807) is 0 Å². The number of aliphatic hydroxyl groups is 1. The zero-order valence-corrected chi connectivity index (χ0v) is 12.8. The monoisotopic (exact) mass is 313 g/mol. The van der Waals surface area contributed by atoms with E-state index >= 15 is 0 Å². The molecule has 3 nitrogen and oxygen atoms in total. The van der Waals surface area contributed by atoms with Crippen LogP contribution in [-0.4, -0.2) is 17.6 Å². The van der Waals surface area contributed by atoms with Gasteiger partial charge in [0, 0.05) is 13.0 Å². The van der Waals surface area contributed by atoms with Crippen LogP contribution in [0.3, 0.4) is 0 Å². The Bertz CT molecular complexity index is 684. The summed E-state index contributed by atoms with van der Waals surface area (Å²) in [6.07, 6.45) is 1.63. The number of halogens is 1. The van der Waals surface area contributed by atoms with Gasteiger partial charge in [-0.25, -0.2) is 4.39 Å². The minimum Gasteiger partial charge on any atom is -0.387 e. The molecule has 0 aliphatic heterocycles. The van der Waals surface area contributed by atoms with Crippen LogP contribution in [0.4, 0.5) is 4.39 Å². The first kappa shape index (κ1) is 15.7. The number of amides is 1. The van der Waals surface area contributed by atoms with Crippen molar-refractivity contribution in [3.63, 3.8) is 0 Å². The van der Waals surface area contributed by atoms with E-state index in [4.69, 9.17) is 0 Å². The number of carbonyl (C=O) groups is 1. The third-order valence-electron chi connectivity index (χ3n) is 4.44. The highest BCUT2D eigenvalue weighted by molar-refractivity contribution is 5.77. The number of carbonyl (C=O) groups excluding carboxylic acids is 1.